The van der Waals surface area contributed by atoms with E-state index in [-0.39, 0.29) is 23.2 Å². The fraction of sp³-hybridized carbons (Fsp3) is 0.538. The number of nitro groups is 1. The quantitative estimate of drug-likeness (QED) is 0.605. The van der Waals surface area contributed by atoms with Gasteiger partial charge in [-0.2, -0.15) is 0 Å². The van der Waals surface area contributed by atoms with Crippen LogP contribution in [0, 0.1) is 10.1 Å². The first-order valence-corrected chi connectivity index (χ1v) is 6.85. The number of aromatic nitrogens is 1. The molecule has 1 aromatic heterocycles. The summed E-state index contributed by atoms with van der Waals surface area (Å²) in [4.78, 5) is 27.4. The van der Waals surface area contributed by atoms with E-state index in [4.69, 9.17) is 5.11 Å². The molecule has 8 nitrogen and oxygen atoms in total. The smallest absolute Gasteiger partial charge is 0.354 e. The lowest BCUT2D eigenvalue weighted by Gasteiger charge is -2.24. The molecular formula is C13H18N4O4. The van der Waals surface area contributed by atoms with Gasteiger partial charge in [0.25, 0.3) is 0 Å². The molecule has 1 aromatic rings. The molecular weight excluding hydrogens is 276 g/mol. The zero-order valence-electron chi connectivity index (χ0n) is 11.8. The van der Waals surface area contributed by atoms with E-state index in [2.05, 4.69) is 15.2 Å². The van der Waals surface area contributed by atoms with Gasteiger partial charge in [-0.05, 0) is 38.9 Å². The molecule has 0 amide bonds. The molecule has 0 aromatic carbocycles. The largest absolute Gasteiger partial charge is 0.477 e. The minimum atomic E-state index is -1.21. The number of pyridine rings is 1. The van der Waals surface area contributed by atoms with E-state index in [0.29, 0.717) is 6.54 Å². The maximum atomic E-state index is 11.0. The summed E-state index contributed by atoms with van der Waals surface area (Å²) in [5.41, 5.74) is -0.425. The molecule has 2 rings (SSSR count). The number of nitrogens with zero attached hydrogens (tertiary/aromatic N) is 3. The zero-order chi connectivity index (χ0) is 15.4. The van der Waals surface area contributed by atoms with Crippen LogP contribution in [0.25, 0.3) is 0 Å². The maximum Gasteiger partial charge on any atom is 0.354 e. The van der Waals surface area contributed by atoms with Crippen molar-refractivity contribution in [1.82, 2.24) is 9.88 Å². The number of carbonyl (C=O) groups is 1. The first-order valence-electron chi connectivity index (χ1n) is 6.85. The first kappa shape index (κ1) is 15.2. The molecule has 0 aliphatic carbocycles. The second-order valence-corrected chi connectivity index (χ2v) is 5.10. The minimum Gasteiger partial charge on any atom is -0.477 e. The Balaban J connectivity index is 2.11. The molecule has 1 unspecified atom stereocenters. The second kappa shape index (κ2) is 6.49. The van der Waals surface area contributed by atoms with Crippen LogP contribution in [0.15, 0.2) is 12.1 Å². The Bertz CT molecular complexity index is 543. The molecule has 2 heterocycles. The Labute approximate surface area is 121 Å². The summed E-state index contributed by atoms with van der Waals surface area (Å²) in [5, 5.41) is 22.8. The Kier molecular flexibility index (Phi) is 4.69. The van der Waals surface area contributed by atoms with Crippen LogP contribution in [0.2, 0.25) is 0 Å². The molecule has 0 bridgehead atoms. The van der Waals surface area contributed by atoms with Crippen molar-refractivity contribution in [2.24, 2.45) is 0 Å². The van der Waals surface area contributed by atoms with Crippen molar-refractivity contribution < 1.29 is 14.8 Å². The maximum absolute atomic E-state index is 11.0. The second-order valence-electron chi connectivity index (χ2n) is 5.10. The van der Waals surface area contributed by atoms with Crippen LogP contribution in [-0.4, -0.2) is 51.6 Å². The van der Waals surface area contributed by atoms with Gasteiger partial charge in [-0.3, -0.25) is 15.0 Å². The Morgan fingerprint density at radius 1 is 1.52 bits per heavy atom. The highest BCUT2D eigenvalue weighted by atomic mass is 16.6. The van der Waals surface area contributed by atoms with E-state index >= 15 is 0 Å². The number of likely N-dealkylation sites (tertiary alicyclic amines) is 1. The molecule has 1 fully saturated rings. The van der Waals surface area contributed by atoms with E-state index in [1.165, 1.54) is 6.07 Å². The van der Waals surface area contributed by atoms with Crippen LogP contribution >= 0.6 is 0 Å². The molecule has 1 saturated heterocycles. The van der Waals surface area contributed by atoms with E-state index in [1.54, 1.807) is 0 Å². The van der Waals surface area contributed by atoms with E-state index in [0.717, 1.165) is 32.0 Å². The third kappa shape index (κ3) is 3.66. The van der Waals surface area contributed by atoms with Gasteiger partial charge in [0.15, 0.2) is 5.69 Å². The van der Waals surface area contributed by atoms with Crippen LogP contribution in [-0.2, 0) is 0 Å². The average Bonchev–Trinajstić information content (AvgIpc) is 2.98. The number of carboxylic acid groups (broad SMARTS) is 1. The van der Waals surface area contributed by atoms with Gasteiger partial charge in [-0.1, -0.05) is 0 Å². The van der Waals surface area contributed by atoms with Gasteiger partial charge in [0.2, 0.25) is 5.82 Å². The van der Waals surface area contributed by atoms with Gasteiger partial charge in [0.05, 0.1) is 4.92 Å². The van der Waals surface area contributed by atoms with Crippen LogP contribution in [0.3, 0.4) is 0 Å². The monoisotopic (exact) mass is 294 g/mol. The van der Waals surface area contributed by atoms with Crippen molar-refractivity contribution >= 4 is 17.5 Å². The number of nitrogens with one attached hydrogen (secondary N) is 1. The van der Waals surface area contributed by atoms with Crippen molar-refractivity contribution in [3.8, 4) is 0 Å². The number of rotatable bonds is 6. The highest BCUT2D eigenvalue weighted by Gasteiger charge is 2.21. The Morgan fingerprint density at radius 3 is 2.76 bits per heavy atom. The van der Waals surface area contributed by atoms with Gasteiger partial charge in [0, 0.05) is 18.7 Å². The summed E-state index contributed by atoms with van der Waals surface area (Å²) in [6.07, 6.45) is 2.33. The van der Waals surface area contributed by atoms with Gasteiger partial charge in [0.1, 0.15) is 0 Å². The fourth-order valence-corrected chi connectivity index (χ4v) is 2.40. The summed E-state index contributed by atoms with van der Waals surface area (Å²) in [7, 11) is 0. The number of aromatic carboxylic acids is 1. The van der Waals surface area contributed by atoms with E-state index in [1.807, 2.05) is 6.92 Å². The highest BCUT2D eigenvalue weighted by molar-refractivity contribution is 5.86. The van der Waals surface area contributed by atoms with Gasteiger partial charge in [-0.15, -0.1) is 0 Å². The van der Waals surface area contributed by atoms with Crippen LogP contribution in [0.1, 0.15) is 30.3 Å². The van der Waals surface area contributed by atoms with Crippen LogP contribution in [0.4, 0.5) is 11.5 Å². The van der Waals surface area contributed by atoms with Gasteiger partial charge < -0.3 is 10.4 Å². The minimum absolute atomic E-state index is 0.00551. The summed E-state index contributed by atoms with van der Waals surface area (Å²) in [5.74, 6) is -1.20. The highest BCUT2D eigenvalue weighted by Crippen LogP contribution is 2.22. The third-order valence-electron chi connectivity index (χ3n) is 3.62. The molecule has 1 atom stereocenters. The summed E-state index contributed by atoms with van der Waals surface area (Å²) < 4.78 is 0. The molecule has 2 N–H and O–H groups in total. The topological polar surface area (TPSA) is 109 Å². The molecule has 1 aliphatic heterocycles. The number of carboxylic acids is 1. The van der Waals surface area contributed by atoms with Crippen LogP contribution in [0.5, 0.6) is 0 Å². The van der Waals surface area contributed by atoms with E-state index in [9.17, 15) is 14.9 Å². The van der Waals surface area contributed by atoms with Crippen molar-refractivity contribution in [3.05, 3.63) is 27.9 Å². The molecule has 0 saturated carbocycles. The molecule has 0 radical (unpaired) electrons. The Hall–Kier alpha value is -2.22. The van der Waals surface area contributed by atoms with E-state index < -0.39 is 10.9 Å². The molecule has 114 valence electrons. The molecule has 1 aliphatic rings. The fourth-order valence-electron chi connectivity index (χ4n) is 2.40. The predicted octanol–water partition coefficient (Wildman–Crippen LogP) is 1.58. The third-order valence-corrected chi connectivity index (χ3v) is 3.62. The van der Waals surface area contributed by atoms with Gasteiger partial charge in [-0.25, -0.2) is 9.78 Å². The number of hydrogen-bond donors (Lipinski definition) is 2. The summed E-state index contributed by atoms with van der Waals surface area (Å²) >= 11 is 0. The van der Waals surface area contributed by atoms with Crippen LogP contribution < -0.4 is 5.32 Å². The normalized spacial score (nSPS) is 16.6. The summed E-state index contributed by atoms with van der Waals surface area (Å²) in [6, 6.07) is 2.51. The summed E-state index contributed by atoms with van der Waals surface area (Å²) in [6.45, 7) is 4.56. The lowest BCUT2D eigenvalue weighted by atomic mass is 10.2. The van der Waals surface area contributed by atoms with Crippen molar-refractivity contribution in [1.29, 1.82) is 0 Å². The predicted molar refractivity (Wildman–Crippen MR) is 76.6 cm³/mol. The lowest BCUT2D eigenvalue weighted by molar-refractivity contribution is -0.384. The SMILES string of the molecule is CC(CNc1nc(C(=O)O)ccc1[N+](=O)[O-])N1CCCC1. The number of hydrogen-bond acceptors (Lipinski definition) is 6. The number of anilines is 1. The van der Waals surface area contributed by atoms with Crippen molar-refractivity contribution in [2.45, 2.75) is 25.8 Å². The van der Waals surface area contributed by atoms with Crippen molar-refractivity contribution in [3.63, 3.8) is 0 Å². The molecule has 0 spiro atoms. The van der Waals surface area contributed by atoms with Crippen molar-refractivity contribution in [2.75, 3.05) is 25.0 Å². The molecule has 21 heavy (non-hydrogen) atoms. The first-order chi connectivity index (χ1) is 9.99. The molecule has 8 heteroatoms. The lowest BCUT2D eigenvalue weighted by Crippen LogP contribution is -2.35. The van der Waals surface area contributed by atoms with Gasteiger partial charge >= 0.3 is 11.7 Å². The standard InChI is InChI=1S/C13H18N4O4/c1-9(16-6-2-3-7-16)8-14-12-11(17(20)21)5-4-10(15-12)13(18)19/h4-5,9H,2-3,6-8H2,1H3,(H,14,15)(H,18,19). The average molecular weight is 294 g/mol. The Morgan fingerprint density at radius 2 is 2.19 bits per heavy atom. The zero-order valence-corrected chi connectivity index (χ0v) is 11.8.